The van der Waals surface area contributed by atoms with Crippen LogP contribution in [0.15, 0.2) is 0 Å². The molecular weight excluding hydrogens is 244 g/mol. The van der Waals surface area contributed by atoms with E-state index in [0.29, 0.717) is 6.42 Å². The van der Waals surface area contributed by atoms with Crippen molar-refractivity contribution in [3.63, 3.8) is 0 Å². The van der Waals surface area contributed by atoms with Gasteiger partial charge in [-0.25, -0.2) is 4.98 Å². The Kier molecular flexibility index (Phi) is 3.76. The smallest absolute Gasteiger partial charge is 0.186 e. The summed E-state index contributed by atoms with van der Waals surface area (Å²) in [6, 6.07) is 0. The van der Waals surface area contributed by atoms with Crippen molar-refractivity contribution in [3.8, 4) is 0 Å². The number of Topliss-reactive ketones (excluding diaryl/α,β-unsaturated/α-hetero) is 1. The maximum atomic E-state index is 12.1. The molecule has 2 rings (SSSR count). The molecule has 0 bridgehead atoms. The van der Waals surface area contributed by atoms with Gasteiger partial charge >= 0.3 is 0 Å². The highest BCUT2D eigenvalue weighted by Gasteiger charge is 2.34. The lowest BCUT2D eigenvalue weighted by Gasteiger charge is -2.26. The SMILES string of the molecule is CCCN(CC)c1nc2c(s1)C(=O)CC(C)(C)C2. The number of carbonyl (C=O) groups excluding carboxylic acids is 1. The molecule has 0 aromatic carbocycles. The highest BCUT2D eigenvalue weighted by molar-refractivity contribution is 7.17. The van der Waals surface area contributed by atoms with E-state index in [4.69, 9.17) is 4.98 Å². The Balaban J connectivity index is 2.31. The van der Waals surface area contributed by atoms with E-state index in [9.17, 15) is 4.79 Å². The quantitative estimate of drug-likeness (QED) is 0.836. The summed E-state index contributed by atoms with van der Waals surface area (Å²) >= 11 is 1.58. The molecule has 0 fully saturated rings. The predicted octanol–water partition coefficient (Wildman–Crippen LogP) is 3.53. The Morgan fingerprint density at radius 1 is 1.33 bits per heavy atom. The third-order valence-electron chi connectivity index (χ3n) is 3.37. The van der Waals surface area contributed by atoms with Crippen LogP contribution in [0.2, 0.25) is 0 Å². The van der Waals surface area contributed by atoms with Gasteiger partial charge < -0.3 is 4.90 Å². The number of anilines is 1. The first kappa shape index (κ1) is 13.5. The molecule has 0 radical (unpaired) electrons. The molecule has 0 atom stereocenters. The van der Waals surface area contributed by atoms with Crippen molar-refractivity contribution in [2.75, 3.05) is 18.0 Å². The van der Waals surface area contributed by atoms with Crippen LogP contribution in [0.1, 0.15) is 55.9 Å². The second-order valence-electron chi connectivity index (χ2n) is 5.79. The number of hydrogen-bond donors (Lipinski definition) is 0. The average Bonchev–Trinajstić information content (AvgIpc) is 2.67. The molecule has 0 spiro atoms. The maximum Gasteiger partial charge on any atom is 0.186 e. The van der Waals surface area contributed by atoms with Crippen LogP contribution in [0.4, 0.5) is 5.13 Å². The van der Waals surface area contributed by atoms with Crippen molar-refractivity contribution in [1.29, 1.82) is 0 Å². The van der Waals surface area contributed by atoms with Crippen molar-refractivity contribution in [2.45, 2.75) is 47.0 Å². The molecule has 1 aliphatic carbocycles. The predicted molar refractivity (Wildman–Crippen MR) is 76.7 cm³/mol. The highest BCUT2D eigenvalue weighted by atomic mass is 32.1. The monoisotopic (exact) mass is 266 g/mol. The van der Waals surface area contributed by atoms with Crippen LogP contribution < -0.4 is 4.90 Å². The Morgan fingerprint density at radius 3 is 2.67 bits per heavy atom. The van der Waals surface area contributed by atoms with Crippen LogP contribution in [-0.4, -0.2) is 23.9 Å². The average molecular weight is 266 g/mol. The van der Waals surface area contributed by atoms with E-state index in [0.717, 1.165) is 41.6 Å². The molecule has 0 unspecified atom stereocenters. The first-order valence-corrected chi connectivity index (χ1v) is 7.56. The van der Waals surface area contributed by atoms with E-state index in [1.165, 1.54) is 0 Å². The van der Waals surface area contributed by atoms with Crippen LogP contribution in [0.5, 0.6) is 0 Å². The Bertz CT molecular complexity index is 451. The lowest BCUT2D eigenvalue weighted by atomic mass is 9.78. The standard InChI is InChI=1S/C14H22N2OS/c1-5-7-16(6-2)13-15-10-8-14(3,4)9-11(17)12(10)18-13/h5-9H2,1-4H3. The first-order valence-electron chi connectivity index (χ1n) is 6.74. The molecule has 18 heavy (non-hydrogen) atoms. The minimum atomic E-state index is 0.0667. The van der Waals surface area contributed by atoms with Crippen molar-refractivity contribution in [1.82, 2.24) is 4.98 Å². The lowest BCUT2D eigenvalue weighted by molar-refractivity contribution is 0.0916. The van der Waals surface area contributed by atoms with Gasteiger partial charge in [-0.15, -0.1) is 0 Å². The summed E-state index contributed by atoms with van der Waals surface area (Å²) in [7, 11) is 0. The van der Waals surface area contributed by atoms with E-state index in [2.05, 4.69) is 32.6 Å². The zero-order chi connectivity index (χ0) is 13.3. The number of carbonyl (C=O) groups is 1. The summed E-state index contributed by atoms with van der Waals surface area (Å²) in [5.74, 6) is 0.276. The highest BCUT2D eigenvalue weighted by Crippen LogP contribution is 2.39. The maximum absolute atomic E-state index is 12.1. The Labute approximate surface area is 113 Å². The van der Waals surface area contributed by atoms with Crippen LogP contribution >= 0.6 is 11.3 Å². The van der Waals surface area contributed by atoms with Crippen molar-refractivity contribution >= 4 is 22.3 Å². The summed E-state index contributed by atoms with van der Waals surface area (Å²) in [6.07, 6.45) is 2.69. The molecule has 0 saturated heterocycles. The van der Waals surface area contributed by atoms with E-state index >= 15 is 0 Å². The summed E-state index contributed by atoms with van der Waals surface area (Å²) in [5, 5.41) is 1.02. The number of thiazole rings is 1. The number of fused-ring (bicyclic) bond motifs is 1. The molecule has 1 heterocycles. The largest absolute Gasteiger partial charge is 0.348 e. The van der Waals surface area contributed by atoms with Crippen LogP contribution in [-0.2, 0) is 6.42 Å². The molecule has 1 aliphatic rings. The van der Waals surface area contributed by atoms with Gasteiger partial charge in [0.2, 0.25) is 0 Å². The molecule has 0 aliphatic heterocycles. The van der Waals surface area contributed by atoms with Gasteiger partial charge in [0.05, 0.1) is 10.6 Å². The Hall–Kier alpha value is -0.900. The van der Waals surface area contributed by atoms with Gasteiger partial charge in [-0.05, 0) is 25.2 Å². The van der Waals surface area contributed by atoms with E-state index in [1.54, 1.807) is 11.3 Å². The van der Waals surface area contributed by atoms with Crippen molar-refractivity contribution in [2.24, 2.45) is 5.41 Å². The summed E-state index contributed by atoms with van der Waals surface area (Å²) < 4.78 is 0. The number of nitrogens with zero attached hydrogens (tertiary/aromatic N) is 2. The molecule has 0 N–H and O–H groups in total. The number of hydrogen-bond acceptors (Lipinski definition) is 4. The number of ketones is 1. The molecule has 1 aromatic heterocycles. The van der Waals surface area contributed by atoms with Gasteiger partial charge in [-0.1, -0.05) is 32.1 Å². The summed E-state index contributed by atoms with van der Waals surface area (Å²) in [4.78, 5) is 20.0. The first-order chi connectivity index (χ1) is 8.46. The Morgan fingerprint density at radius 2 is 2.06 bits per heavy atom. The number of aromatic nitrogens is 1. The zero-order valence-electron chi connectivity index (χ0n) is 11.7. The molecule has 100 valence electrons. The minimum absolute atomic E-state index is 0.0667. The van der Waals surface area contributed by atoms with Gasteiger partial charge in [0.15, 0.2) is 10.9 Å². The molecule has 3 nitrogen and oxygen atoms in total. The second kappa shape index (κ2) is 5.00. The van der Waals surface area contributed by atoms with Crippen LogP contribution in [0.25, 0.3) is 0 Å². The molecule has 1 aromatic rings. The fraction of sp³-hybridized carbons (Fsp3) is 0.714. The number of rotatable bonds is 4. The van der Waals surface area contributed by atoms with Crippen molar-refractivity contribution < 1.29 is 4.79 Å². The van der Waals surface area contributed by atoms with Gasteiger partial charge in [0.25, 0.3) is 0 Å². The summed E-state index contributed by atoms with van der Waals surface area (Å²) in [6.45, 7) is 10.6. The third kappa shape index (κ3) is 2.58. The normalized spacial score (nSPS) is 17.7. The van der Waals surface area contributed by atoms with Crippen molar-refractivity contribution in [3.05, 3.63) is 10.6 Å². The third-order valence-corrected chi connectivity index (χ3v) is 4.57. The fourth-order valence-electron chi connectivity index (χ4n) is 2.50. The molecular formula is C14H22N2OS. The van der Waals surface area contributed by atoms with Gasteiger partial charge in [-0.2, -0.15) is 0 Å². The van der Waals surface area contributed by atoms with Gasteiger partial charge in [-0.3, -0.25) is 4.79 Å². The second-order valence-corrected chi connectivity index (χ2v) is 6.77. The van der Waals surface area contributed by atoms with E-state index < -0.39 is 0 Å². The molecule has 0 saturated carbocycles. The topological polar surface area (TPSA) is 33.2 Å². The van der Waals surface area contributed by atoms with Gasteiger partial charge in [0.1, 0.15) is 0 Å². The van der Waals surface area contributed by atoms with E-state index in [1.807, 2.05) is 0 Å². The van der Waals surface area contributed by atoms with Gasteiger partial charge in [0, 0.05) is 19.5 Å². The molecule has 0 amide bonds. The summed E-state index contributed by atoms with van der Waals surface area (Å²) in [5.41, 5.74) is 1.09. The van der Waals surface area contributed by atoms with Crippen LogP contribution in [0.3, 0.4) is 0 Å². The molecule has 4 heteroatoms. The van der Waals surface area contributed by atoms with E-state index in [-0.39, 0.29) is 11.2 Å². The van der Waals surface area contributed by atoms with Crippen LogP contribution in [0, 0.1) is 5.41 Å². The minimum Gasteiger partial charge on any atom is -0.348 e. The fourth-order valence-corrected chi connectivity index (χ4v) is 3.61. The zero-order valence-corrected chi connectivity index (χ0v) is 12.6. The lowest BCUT2D eigenvalue weighted by Crippen LogP contribution is -2.26.